The third-order valence-corrected chi connectivity index (χ3v) is 8.33. The summed E-state index contributed by atoms with van der Waals surface area (Å²) in [6, 6.07) is -0.714. The summed E-state index contributed by atoms with van der Waals surface area (Å²) in [5.41, 5.74) is -0.461. The molecule has 5 atom stereocenters. The van der Waals surface area contributed by atoms with Crippen LogP contribution in [-0.2, 0) is 19.1 Å². The van der Waals surface area contributed by atoms with Crippen molar-refractivity contribution in [1.29, 1.82) is 0 Å². The Kier molecular flexibility index (Phi) is 6.39. The zero-order chi connectivity index (χ0) is 22.3. The van der Waals surface area contributed by atoms with Crippen molar-refractivity contribution in [3.63, 3.8) is 0 Å². The standard InChI is InChI=1S/C22H32N2O5S/c1-6-10-24(21(3,4)5)19(27)17-22-9-8-14(30-22)15(20(28)29-13-7-2)16(22)18(26)23(17)11-12-25/h6-7,14-17,25H,1-2,8-13H2,3-5H3/t14-,15+,16-,17?,22?/m0/s1. The predicted molar refractivity (Wildman–Crippen MR) is 116 cm³/mol. The van der Waals surface area contributed by atoms with E-state index in [4.69, 9.17) is 4.74 Å². The van der Waals surface area contributed by atoms with Gasteiger partial charge in [-0.1, -0.05) is 18.7 Å². The summed E-state index contributed by atoms with van der Waals surface area (Å²) in [5, 5.41) is 9.59. The van der Waals surface area contributed by atoms with Crippen LogP contribution >= 0.6 is 11.8 Å². The van der Waals surface area contributed by atoms with Gasteiger partial charge in [-0.3, -0.25) is 14.4 Å². The number of ether oxygens (including phenoxy) is 1. The van der Waals surface area contributed by atoms with Gasteiger partial charge in [-0.25, -0.2) is 0 Å². The Labute approximate surface area is 182 Å². The Morgan fingerprint density at radius 3 is 2.63 bits per heavy atom. The van der Waals surface area contributed by atoms with Crippen molar-refractivity contribution >= 4 is 29.5 Å². The van der Waals surface area contributed by atoms with Gasteiger partial charge in [0.25, 0.3) is 0 Å². The lowest BCUT2D eigenvalue weighted by atomic mass is 9.71. The van der Waals surface area contributed by atoms with Crippen LogP contribution in [0.3, 0.4) is 0 Å². The van der Waals surface area contributed by atoms with Crippen LogP contribution in [0.4, 0.5) is 0 Å². The second-order valence-corrected chi connectivity index (χ2v) is 10.7. The normalized spacial score (nSPS) is 32.1. The van der Waals surface area contributed by atoms with E-state index in [0.29, 0.717) is 13.0 Å². The Balaban J connectivity index is 2.02. The van der Waals surface area contributed by atoms with Crippen LogP contribution in [0.1, 0.15) is 33.6 Å². The van der Waals surface area contributed by atoms with Gasteiger partial charge in [0, 0.05) is 23.9 Å². The molecule has 3 heterocycles. The number of fused-ring (bicyclic) bond motifs is 1. The maximum absolute atomic E-state index is 13.8. The Hall–Kier alpha value is -1.80. The van der Waals surface area contributed by atoms with Crippen molar-refractivity contribution in [3.8, 4) is 0 Å². The highest BCUT2D eigenvalue weighted by Crippen LogP contribution is 2.66. The fourth-order valence-corrected chi connectivity index (χ4v) is 7.46. The molecule has 8 heteroatoms. The lowest BCUT2D eigenvalue weighted by Crippen LogP contribution is -2.59. The molecular weight excluding hydrogens is 404 g/mol. The number of rotatable bonds is 8. The molecule has 0 aromatic carbocycles. The van der Waals surface area contributed by atoms with Gasteiger partial charge in [-0.15, -0.1) is 18.3 Å². The SMILES string of the molecule is C=CCOC(=O)[C@@H]1[C@@H]2CCC3(S2)C(C(=O)N(CC=C)C(C)(C)C)N(CCO)C(=O)[C@H]13. The molecule has 3 saturated heterocycles. The molecule has 7 nitrogen and oxygen atoms in total. The lowest BCUT2D eigenvalue weighted by molar-refractivity contribution is -0.153. The van der Waals surface area contributed by atoms with Gasteiger partial charge in [0.05, 0.1) is 23.2 Å². The van der Waals surface area contributed by atoms with Crippen LogP contribution in [0.5, 0.6) is 0 Å². The van der Waals surface area contributed by atoms with Crippen molar-refractivity contribution < 1.29 is 24.2 Å². The number of aliphatic hydroxyl groups excluding tert-OH is 1. The summed E-state index contributed by atoms with van der Waals surface area (Å²) in [6.07, 6.45) is 4.63. The molecule has 0 aromatic heterocycles. The van der Waals surface area contributed by atoms with Crippen molar-refractivity contribution in [3.05, 3.63) is 25.3 Å². The van der Waals surface area contributed by atoms with Crippen LogP contribution in [0.15, 0.2) is 25.3 Å². The molecule has 0 saturated carbocycles. The van der Waals surface area contributed by atoms with E-state index in [1.807, 2.05) is 20.8 Å². The van der Waals surface area contributed by atoms with Crippen LogP contribution in [0.2, 0.25) is 0 Å². The van der Waals surface area contributed by atoms with Gasteiger partial charge < -0.3 is 19.6 Å². The zero-order valence-electron chi connectivity index (χ0n) is 18.0. The topological polar surface area (TPSA) is 87.2 Å². The molecule has 1 spiro atoms. The summed E-state index contributed by atoms with van der Waals surface area (Å²) in [6.45, 7) is 13.5. The lowest BCUT2D eigenvalue weighted by Gasteiger charge is -2.42. The number of β-amino-alcohol motifs (C(OH)–C–C–N with tert-alkyl or cyclic N) is 1. The first kappa shape index (κ1) is 22.9. The molecule has 30 heavy (non-hydrogen) atoms. The molecule has 2 bridgehead atoms. The van der Waals surface area contributed by atoms with E-state index in [2.05, 4.69) is 13.2 Å². The van der Waals surface area contributed by atoms with E-state index in [-0.39, 0.29) is 36.8 Å². The number of esters is 1. The van der Waals surface area contributed by atoms with Gasteiger partial charge in [-0.2, -0.15) is 0 Å². The third kappa shape index (κ3) is 3.47. The molecule has 1 N–H and O–H groups in total. The zero-order valence-corrected chi connectivity index (χ0v) is 18.8. The number of nitrogens with zero attached hydrogens (tertiary/aromatic N) is 2. The van der Waals surface area contributed by atoms with Crippen LogP contribution in [0, 0.1) is 11.8 Å². The largest absolute Gasteiger partial charge is 0.461 e. The number of carbonyl (C=O) groups excluding carboxylic acids is 3. The monoisotopic (exact) mass is 436 g/mol. The minimum absolute atomic E-state index is 0.0367. The molecule has 166 valence electrons. The predicted octanol–water partition coefficient (Wildman–Crippen LogP) is 1.61. The number of hydrogen-bond acceptors (Lipinski definition) is 6. The third-order valence-electron chi connectivity index (χ3n) is 6.38. The highest BCUT2D eigenvalue weighted by Gasteiger charge is 2.74. The first-order valence-corrected chi connectivity index (χ1v) is 11.3. The summed E-state index contributed by atoms with van der Waals surface area (Å²) in [4.78, 5) is 43.4. The number of thioether (sulfide) groups is 1. The average molecular weight is 437 g/mol. The van der Waals surface area contributed by atoms with Gasteiger partial charge in [0.15, 0.2) is 0 Å². The number of hydrogen-bond donors (Lipinski definition) is 1. The Morgan fingerprint density at radius 1 is 1.37 bits per heavy atom. The molecule has 3 fully saturated rings. The van der Waals surface area contributed by atoms with Crippen LogP contribution in [0.25, 0.3) is 0 Å². The van der Waals surface area contributed by atoms with Gasteiger partial charge in [0.2, 0.25) is 11.8 Å². The second-order valence-electron chi connectivity index (χ2n) is 9.14. The van der Waals surface area contributed by atoms with E-state index in [1.165, 1.54) is 11.0 Å². The maximum Gasteiger partial charge on any atom is 0.311 e. The quantitative estimate of drug-likeness (QED) is 0.460. The molecule has 0 aliphatic carbocycles. The molecular formula is C22H32N2O5S. The van der Waals surface area contributed by atoms with Gasteiger partial charge in [-0.05, 0) is 33.6 Å². The minimum Gasteiger partial charge on any atom is -0.461 e. The summed E-state index contributed by atoms with van der Waals surface area (Å²) in [7, 11) is 0. The van der Waals surface area contributed by atoms with Crippen molar-refractivity contribution in [2.75, 3.05) is 26.3 Å². The Bertz CT molecular complexity index is 748. The van der Waals surface area contributed by atoms with Gasteiger partial charge in [0.1, 0.15) is 12.6 Å². The highest BCUT2D eigenvalue weighted by molar-refractivity contribution is 8.02. The van der Waals surface area contributed by atoms with Crippen molar-refractivity contribution in [2.45, 2.75) is 55.2 Å². The van der Waals surface area contributed by atoms with Crippen LogP contribution in [-0.4, -0.2) is 80.6 Å². The van der Waals surface area contributed by atoms with E-state index in [0.717, 1.165) is 6.42 Å². The summed E-state index contributed by atoms with van der Waals surface area (Å²) < 4.78 is 4.64. The molecule has 3 rings (SSSR count). The van der Waals surface area contributed by atoms with E-state index < -0.39 is 34.1 Å². The maximum atomic E-state index is 13.8. The fraction of sp³-hybridized carbons (Fsp3) is 0.682. The van der Waals surface area contributed by atoms with E-state index in [1.54, 1.807) is 22.7 Å². The first-order valence-electron chi connectivity index (χ1n) is 10.4. The molecule has 3 aliphatic rings. The molecule has 0 aromatic rings. The summed E-state index contributed by atoms with van der Waals surface area (Å²) >= 11 is 1.59. The molecule has 2 unspecified atom stereocenters. The van der Waals surface area contributed by atoms with Crippen molar-refractivity contribution in [2.24, 2.45) is 11.8 Å². The fourth-order valence-electron chi connectivity index (χ4n) is 5.26. The summed E-state index contributed by atoms with van der Waals surface area (Å²) in [5.74, 6) is -1.96. The average Bonchev–Trinajstić information content (AvgIpc) is 3.31. The number of amides is 2. The van der Waals surface area contributed by atoms with Crippen LogP contribution < -0.4 is 0 Å². The molecule has 0 radical (unpaired) electrons. The highest BCUT2D eigenvalue weighted by atomic mass is 32.2. The van der Waals surface area contributed by atoms with E-state index >= 15 is 0 Å². The van der Waals surface area contributed by atoms with Gasteiger partial charge >= 0.3 is 5.97 Å². The number of carbonyl (C=O) groups is 3. The number of aliphatic hydroxyl groups is 1. The Morgan fingerprint density at radius 2 is 2.07 bits per heavy atom. The van der Waals surface area contributed by atoms with E-state index in [9.17, 15) is 19.5 Å². The number of likely N-dealkylation sites (tertiary alicyclic amines) is 1. The molecule has 2 amide bonds. The second kappa shape index (κ2) is 8.38. The first-order chi connectivity index (χ1) is 14.1. The molecule has 3 aliphatic heterocycles. The minimum atomic E-state index is -0.714. The van der Waals surface area contributed by atoms with Crippen molar-refractivity contribution in [1.82, 2.24) is 9.80 Å². The smallest absolute Gasteiger partial charge is 0.311 e.